The third kappa shape index (κ3) is 3.55. The summed E-state index contributed by atoms with van der Waals surface area (Å²) in [6.07, 6.45) is 6.42. The van der Waals surface area contributed by atoms with E-state index in [1.807, 2.05) is 42.1 Å². The fourth-order valence-corrected chi connectivity index (χ4v) is 3.36. The van der Waals surface area contributed by atoms with Crippen LogP contribution in [0.3, 0.4) is 0 Å². The Kier molecular flexibility index (Phi) is 5.07. The van der Waals surface area contributed by atoms with Gasteiger partial charge in [0, 0.05) is 44.5 Å². The third-order valence-corrected chi connectivity index (χ3v) is 5.10. The topological polar surface area (TPSA) is 52.7 Å². The molecule has 1 saturated carbocycles. The molecule has 1 heterocycles. The van der Waals surface area contributed by atoms with Crippen molar-refractivity contribution in [3.8, 4) is 0 Å². The summed E-state index contributed by atoms with van der Waals surface area (Å²) in [6.45, 7) is 1.65. The van der Waals surface area contributed by atoms with Gasteiger partial charge in [-0.2, -0.15) is 0 Å². The molecule has 24 heavy (non-hydrogen) atoms. The van der Waals surface area contributed by atoms with Gasteiger partial charge in [0.1, 0.15) is 0 Å². The van der Waals surface area contributed by atoms with E-state index in [1.54, 1.807) is 0 Å². The van der Waals surface area contributed by atoms with Crippen LogP contribution >= 0.6 is 0 Å². The van der Waals surface area contributed by atoms with Gasteiger partial charge in [-0.25, -0.2) is 0 Å². The number of hydrogen-bond donors (Lipinski definition) is 1. The highest BCUT2D eigenvalue weighted by Gasteiger charge is 2.26. The second-order valence-electron chi connectivity index (χ2n) is 7.10. The van der Waals surface area contributed by atoms with Crippen molar-refractivity contribution in [3.63, 3.8) is 0 Å². The molecule has 5 nitrogen and oxygen atoms in total. The van der Waals surface area contributed by atoms with Gasteiger partial charge in [0.15, 0.2) is 0 Å². The van der Waals surface area contributed by atoms with Crippen molar-refractivity contribution in [2.45, 2.75) is 38.5 Å². The third-order valence-electron chi connectivity index (χ3n) is 5.10. The Hall–Kier alpha value is -2.04. The van der Waals surface area contributed by atoms with E-state index in [4.69, 9.17) is 0 Å². The maximum Gasteiger partial charge on any atom is 0.256 e. The Labute approximate surface area is 144 Å². The second kappa shape index (κ2) is 7.24. The zero-order valence-electron chi connectivity index (χ0n) is 14.7. The number of hydrogen-bond acceptors (Lipinski definition) is 3. The molecule has 1 aromatic rings. The summed E-state index contributed by atoms with van der Waals surface area (Å²) in [5.41, 5.74) is 2.29. The van der Waals surface area contributed by atoms with Crippen LogP contribution in [0, 0.1) is 5.92 Å². The van der Waals surface area contributed by atoms with E-state index in [-0.39, 0.29) is 17.7 Å². The number of nitrogens with one attached hydrogen (secondary N) is 1. The molecule has 2 fully saturated rings. The maximum atomic E-state index is 13.0. The molecular weight excluding hydrogens is 302 g/mol. The van der Waals surface area contributed by atoms with E-state index in [0.29, 0.717) is 5.56 Å². The quantitative estimate of drug-likeness (QED) is 0.923. The van der Waals surface area contributed by atoms with E-state index in [1.165, 1.54) is 6.42 Å². The molecule has 1 aromatic carbocycles. The molecule has 5 heteroatoms. The van der Waals surface area contributed by atoms with Crippen LogP contribution in [-0.2, 0) is 4.79 Å². The molecule has 0 unspecified atom stereocenters. The maximum absolute atomic E-state index is 13.0. The Morgan fingerprint density at radius 3 is 2.38 bits per heavy atom. The van der Waals surface area contributed by atoms with E-state index >= 15 is 0 Å². The largest absolute Gasteiger partial charge is 0.377 e. The molecule has 1 aliphatic carbocycles. The van der Waals surface area contributed by atoms with Crippen LogP contribution in [0.1, 0.15) is 48.9 Å². The van der Waals surface area contributed by atoms with E-state index in [0.717, 1.165) is 56.6 Å². The Balaban J connectivity index is 1.82. The molecule has 1 aliphatic heterocycles. The van der Waals surface area contributed by atoms with E-state index in [9.17, 15) is 9.59 Å². The summed E-state index contributed by atoms with van der Waals surface area (Å²) in [7, 11) is 3.88. The lowest BCUT2D eigenvalue weighted by atomic mass is 9.85. The van der Waals surface area contributed by atoms with Gasteiger partial charge in [-0.05, 0) is 50.3 Å². The predicted octanol–water partition coefficient (Wildman–Crippen LogP) is 3.12. The van der Waals surface area contributed by atoms with Gasteiger partial charge in [-0.15, -0.1) is 0 Å². The second-order valence-corrected chi connectivity index (χ2v) is 7.10. The number of nitrogens with zero attached hydrogens (tertiary/aromatic N) is 2. The van der Waals surface area contributed by atoms with Gasteiger partial charge in [0.05, 0.1) is 5.56 Å². The van der Waals surface area contributed by atoms with Gasteiger partial charge >= 0.3 is 0 Å². The highest BCUT2D eigenvalue weighted by atomic mass is 16.2. The first-order chi connectivity index (χ1) is 11.6. The van der Waals surface area contributed by atoms with Crippen LogP contribution in [0.5, 0.6) is 0 Å². The number of anilines is 2. The minimum Gasteiger partial charge on any atom is -0.377 e. The van der Waals surface area contributed by atoms with Crippen molar-refractivity contribution in [2.24, 2.45) is 5.92 Å². The fourth-order valence-electron chi connectivity index (χ4n) is 3.36. The molecule has 130 valence electrons. The van der Waals surface area contributed by atoms with Crippen molar-refractivity contribution >= 4 is 23.2 Å². The van der Waals surface area contributed by atoms with Gasteiger partial charge in [-0.1, -0.05) is 6.42 Å². The first kappa shape index (κ1) is 16.8. The SMILES string of the molecule is CN(C)c1ccc(NC(=O)C2CCC2)cc1C(=O)N1CCCCC1. The Bertz CT molecular complexity index is 617. The summed E-state index contributed by atoms with van der Waals surface area (Å²) < 4.78 is 0. The van der Waals surface area contributed by atoms with E-state index in [2.05, 4.69) is 5.32 Å². The summed E-state index contributed by atoms with van der Waals surface area (Å²) >= 11 is 0. The number of benzene rings is 1. The summed E-state index contributed by atoms with van der Waals surface area (Å²) in [4.78, 5) is 29.0. The molecule has 2 aliphatic rings. The standard InChI is InChI=1S/C19H27N3O2/c1-21(2)17-10-9-15(20-18(23)14-7-6-8-14)13-16(17)19(24)22-11-4-3-5-12-22/h9-10,13-14H,3-8,11-12H2,1-2H3,(H,20,23). The summed E-state index contributed by atoms with van der Waals surface area (Å²) in [5.74, 6) is 0.285. The van der Waals surface area contributed by atoms with Gasteiger partial charge in [-0.3, -0.25) is 9.59 Å². The van der Waals surface area contributed by atoms with Crippen LogP contribution in [-0.4, -0.2) is 43.9 Å². The molecule has 1 saturated heterocycles. The highest BCUT2D eigenvalue weighted by molar-refractivity contribution is 6.02. The summed E-state index contributed by atoms with van der Waals surface area (Å²) in [6, 6.07) is 5.65. The number of carbonyl (C=O) groups excluding carboxylic acids is 2. The first-order valence-corrected chi connectivity index (χ1v) is 8.98. The number of carbonyl (C=O) groups is 2. The molecule has 2 amide bonds. The zero-order chi connectivity index (χ0) is 17.1. The average Bonchev–Trinajstić information content (AvgIpc) is 2.53. The molecule has 0 aromatic heterocycles. The van der Waals surface area contributed by atoms with Crippen molar-refractivity contribution in [1.82, 2.24) is 4.90 Å². The van der Waals surface area contributed by atoms with Crippen LogP contribution < -0.4 is 10.2 Å². The van der Waals surface area contributed by atoms with Gasteiger partial charge in [0.2, 0.25) is 5.91 Å². The molecule has 0 bridgehead atoms. The average molecular weight is 329 g/mol. The van der Waals surface area contributed by atoms with Crippen LogP contribution in [0.4, 0.5) is 11.4 Å². The molecule has 0 radical (unpaired) electrons. The normalized spacial score (nSPS) is 18.0. The lowest BCUT2D eigenvalue weighted by molar-refractivity contribution is -0.122. The zero-order valence-corrected chi connectivity index (χ0v) is 14.7. The molecule has 0 atom stereocenters. The lowest BCUT2D eigenvalue weighted by Gasteiger charge is -2.29. The molecule has 1 N–H and O–H groups in total. The monoisotopic (exact) mass is 329 g/mol. The van der Waals surface area contributed by atoms with Crippen molar-refractivity contribution in [1.29, 1.82) is 0 Å². The smallest absolute Gasteiger partial charge is 0.256 e. The lowest BCUT2D eigenvalue weighted by Crippen LogP contribution is -2.36. The van der Waals surface area contributed by atoms with Crippen LogP contribution in [0.15, 0.2) is 18.2 Å². The number of likely N-dealkylation sites (tertiary alicyclic amines) is 1. The van der Waals surface area contributed by atoms with Gasteiger partial charge in [0.25, 0.3) is 5.91 Å². The molecular formula is C19H27N3O2. The molecule has 3 rings (SSSR count). The Morgan fingerprint density at radius 1 is 1.08 bits per heavy atom. The van der Waals surface area contributed by atoms with Gasteiger partial charge < -0.3 is 15.1 Å². The van der Waals surface area contributed by atoms with Crippen molar-refractivity contribution < 1.29 is 9.59 Å². The minimum atomic E-state index is 0.0677. The first-order valence-electron chi connectivity index (χ1n) is 8.98. The minimum absolute atomic E-state index is 0.0677. The predicted molar refractivity (Wildman–Crippen MR) is 96.5 cm³/mol. The summed E-state index contributed by atoms with van der Waals surface area (Å²) in [5, 5.41) is 2.98. The highest BCUT2D eigenvalue weighted by Crippen LogP contribution is 2.29. The van der Waals surface area contributed by atoms with Crippen LogP contribution in [0.25, 0.3) is 0 Å². The van der Waals surface area contributed by atoms with Crippen molar-refractivity contribution in [2.75, 3.05) is 37.4 Å². The van der Waals surface area contributed by atoms with E-state index < -0.39 is 0 Å². The molecule has 0 spiro atoms. The number of rotatable bonds is 4. The van der Waals surface area contributed by atoms with Crippen LogP contribution in [0.2, 0.25) is 0 Å². The number of piperidine rings is 1. The number of amides is 2. The fraction of sp³-hybridized carbons (Fsp3) is 0.579. The Morgan fingerprint density at radius 2 is 1.79 bits per heavy atom. The van der Waals surface area contributed by atoms with Crippen molar-refractivity contribution in [3.05, 3.63) is 23.8 Å².